The predicted molar refractivity (Wildman–Crippen MR) is 102 cm³/mol. The van der Waals surface area contributed by atoms with Crippen molar-refractivity contribution in [3.63, 3.8) is 0 Å². The van der Waals surface area contributed by atoms with Crippen LogP contribution in [0.15, 0.2) is 11.6 Å². The highest BCUT2D eigenvalue weighted by molar-refractivity contribution is 7.43. The topological polar surface area (TPSA) is 72.4 Å². The Morgan fingerprint density at radius 2 is 1.40 bits per heavy atom. The molecule has 0 spiro atoms. The molecule has 0 aromatic heterocycles. The van der Waals surface area contributed by atoms with E-state index < -0.39 is 7.82 Å². The summed E-state index contributed by atoms with van der Waals surface area (Å²) < 4.78 is 14.6. The molecule has 150 valence electrons. The van der Waals surface area contributed by atoms with Crippen LogP contribution in [0.1, 0.15) is 92.4 Å². The summed E-state index contributed by atoms with van der Waals surface area (Å²) in [5, 5.41) is 0. The van der Waals surface area contributed by atoms with Crippen molar-refractivity contribution in [1.29, 1.82) is 0 Å². The van der Waals surface area contributed by atoms with Gasteiger partial charge in [-0.1, -0.05) is 84.3 Å². The zero-order chi connectivity index (χ0) is 19.3. The third kappa shape index (κ3) is 18.4. The molecule has 0 aromatic rings. The first-order valence-corrected chi connectivity index (χ1v) is 11.4. The Bertz CT molecular complexity index is 401. The molecule has 0 aliphatic rings. The number of hydrogen-bond acceptors (Lipinski definition) is 4. The smallest absolute Gasteiger partial charge is 0.0702 e. The van der Waals surface area contributed by atoms with E-state index in [4.69, 9.17) is 0 Å². The second kappa shape index (κ2) is 14.0. The summed E-state index contributed by atoms with van der Waals surface area (Å²) in [5.41, 5.74) is 1.08. The highest BCUT2D eigenvalue weighted by Crippen LogP contribution is 2.25. The molecule has 25 heavy (non-hydrogen) atoms. The summed E-state index contributed by atoms with van der Waals surface area (Å²) in [6.45, 7) is 11.1. The molecule has 0 aromatic carbocycles. The molecule has 0 saturated heterocycles. The maximum Gasteiger partial charge on any atom is 0.0702 e. The first-order valence-electron chi connectivity index (χ1n) is 9.92. The van der Waals surface area contributed by atoms with Gasteiger partial charge in [-0.15, -0.1) is 0 Å². The molecule has 2 atom stereocenters. The zero-order valence-corrected chi connectivity index (χ0v) is 17.9. The number of rotatable bonds is 15. The van der Waals surface area contributed by atoms with Gasteiger partial charge in [0, 0.05) is 0 Å². The van der Waals surface area contributed by atoms with E-state index in [9.17, 15) is 14.4 Å². The van der Waals surface area contributed by atoms with Crippen LogP contribution < -0.4 is 9.79 Å². The third-order valence-electron chi connectivity index (χ3n) is 4.80. The minimum absolute atomic E-state index is 0.139. The Morgan fingerprint density at radius 3 is 1.88 bits per heavy atom. The molecule has 0 saturated carbocycles. The van der Waals surface area contributed by atoms with Gasteiger partial charge in [0.25, 0.3) is 0 Å². The number of phosphoric ester groups is 1. The predicted octanol–water partition coefficient (Wildman–Crippen LogP) is 5.22. The Balaban J connectivity index is 3.68. The van der Waals surface area contributed by atoms with Crippen molar-refractivity contribution in [2.45, 2.75) is 92.4 Å². The van der Waals surface area contributed by atoms with Crippen LogP contribution in [0.4, 0.5) is 0 Å². The van der Waals surface area contributed by atoms with Gasteiger partial charge in [0.05, 0.1) is 14.4 Å². The summed E-state index contributed by atoms with van der Waals surface area (Å²) in [7, 11) is -4.84. The molecule has 0 aliphatic carbocycles. The van der Waals surface area contributed by atoms with Crippen LogP contribution in [0.2, 0.25) is 0 Å². The standard InChI is InChI=1S/C20H41O4P/c1-17(2)9-6-10-18(3)11-7-12-19(4)13-8-14-20(5)15-16-24-25(21,22)23/h15,17-19H,6-14,16H2,1-5H3,(H2,21,22,23)/p-2/b20-15+. The average molecular weight is 375 g/mol. The lowest BCUT2D eigenvalue weighted by molar-refractivity contribution is -0.340. The number of allylic oxidation sites excluding steroid dienone is 1. The molecule has 0 aliphatic heterocycles. The summed E-state index contributed by atoms with van der Waals surface area (Å²) >= 11 is 0. The Morgan fingerprint density at radius 1 is 0.920 bits per heavy atom. The van der Waals surface area contributed by atoms with Gasteiger partial charge in [-0.3, -0.25) is 0 Å². The molecule has 0 radical (unpaired) electrons. The lowest BCUT2D eigenvalue weighted by Crippen LogP contribution is -2.16. The van der Waals surface area contributed by atoms with E-state index >= 15 is 0 Å². The molecule has 0 heterocycles. The van der Waals surface area contributed by atoms with Crippen LogP contribution in [-0.4, -0.2) is 6.61 Å². The van der Waals surface area contributed by atoms with Gasteiger partial charge in [0.1, 0.15) is 0 Å². The quantitative estimate of drug-likeness (QED) is 0.291. The van der Waals surface area contributed by atoms with E-state index in [1.54, 1.807) is 6.08 Å². The highest BCUT2D eigenvalue weighted by Gasteiger charge is 2.06. The van der Waals surface area contributed by atoms with Gasteiger partial charge in [-0.05, 0) is 37.5 Å². The van der Waals surface area contributed by atoms with Crippen molar-refractivity contribution in [2.75, 3.05) is 6.61 Å². The minimum atomic E-state index is -4.84. The van der Waals surface area contributed by atoms with Gasteiger partial charge >= 0.3 is 0 Å². The first kappa shape index (κ1) is 24.8. The maximum absolute atomic E-state index is 10.4. The normalized spacial score (nSPS) is 15.6. The Hall–Kier alpha value is -0.150. The second-order valence-electron chi connectivity index (χ2n) is 8.15. The minimum Gasteiger partial charge on any atom is -0.790 e. The van der Waals surface area contributed by atoms with Gasteiger partial charge in [0.15, 0.2) is 0 Å². The fraction of sp³-hybridized carbons (Fsp3) is 0.900. The fourth-order valence-corrected chi connectivity index (χ4v) is 3.34. The van der Waals surface area contributed by atoms with E-state index in [0.29, 0.717) is 0 Å². The highest BCUT2D eigenvalue weighted by atomic mass is 31.2. The fourth-order valence-electron chi connectivity index (χ4n) is 3.08. The SMILES string of the molecule is C/C(=C\COP(=O)([O-])[O-])CCCC(C)CCCC(C)CCCC(C)C. The largest absolute Gasteiger partial charge is 0.790 e. The maximum atomic E-state index is 10.4. The second-order valence-corrected chi connectivity index (χ2v) is 9.30. The van der Waals surface area contributed by atoms with Crippen molar-refractivity contribution in [2.24, 2.45) is 17.8 Å². The van der Waals surface area contributed by atoms with E-state index in [0.717, 1.165) is 36.2 Å². The molecule has 4 nitrogen and oxygen atoms in total. The van der Waals surface area contributed by atoms with E-state index in [1.165, 1.54) is 44.9 Å². The summed E-state index contributed by atoms with van der Waals surface area (Å²) in [5.74, 6) is 2.39. The molecule has 0 fully saturated rings. The first-order chi connectivity index (χ1) is 11.6. The van der Waals surface area contributed by atoms with Crippen molar-refractivity contribution < 1.29 is 18.9 Å². The Kier molecular flexibility index (Phi) is 13.9. The zero-order valence-electron chi connectivity index (χ0n) is 17.0. The van der Waals surface area contributed by atoms with Crippen molar-refractivity contribution in [3.05, 3.63) is 11.6 Å². The van der Waals surface area contributed by atoms with Gasteiger partial charge in [0.2, 0.25) is 0 Å². The van der Waals surface area contributed by atoms with Gasteiger partial charge in [-0.2, -0.15) is 0 Å². The van der Waals surface area contributed by atoms with Crippen molar-refractivity contribution in [3.8, 4) is 0 Å². The molecule has 5 heteroatoms. The number of hydrogen-bond donors (Lipinski definition) is 0. The monoisotopic (exact) mass is 374 g/mol. The van der Waals surface area contributed by atoms with Crippen molar-refractivity contribution >= 4 is 7.82 Å². The molecule has 0 amide bonds. The molecule has 0 N–H and O–H groups in total. The Labute approximate surface area is 155 Å². The number of phosphoric acid groups is 1. The summed E-state index contributed by atoms with van der Waals surface area (Å²) in [6.07, 6.45) is 12.9. The van der Waals surface area contributed by atoms with Gasteiger partial charge < -0.3 is 18.9 Å². The lowest BCUT2D eigenvalue weighted by Gasteiger charge is -2.27. The van der Waals surface area contributed by atoms with Crippen LogP contribution in [0.25, 0.3) is 0 Å². The van der Waals surface area contributed by atoms with Crippen LogP contribution in [0.5, 0.6) is 0 Å². The average Bonchev–Trinajstić information content (AvgIpc) is 2.45. The lowest BCUT2D eigenvalue weighted by atomic mass is 9.91. The summed E-state index contributed by atoms with van der Waals surface area (Å²) in [6, 6.07) is 0. The van der Waals surface area contributed by atoms with Crippen LogP contribution >= 0.6 is 7.82 Å². The van der Waals surface area contributed by atoms with Crippen molar-refractivity contribution in [1.82, 2.24) is 0 Å². The summed E-state index contributed by atoms with van der Waals surface area (Å²) in [4.78, 5) is 20.7. The van der Waals surface area contributed by atoms with Crippen LogP contribution in [0, 0.1) is 17.8 Å². The van der Waals surface area contributed by atoms with Gasteiger partial charge in [-0.25, -0.2) is 0 Å². The van der Waals surface area contributed by atoms with E-state index in [1.807, 2.05) is 6.92 Å². The van der Waals surface area contributed by atoms with E-state index in [2.05, 4.69) is 32.2 Å². The van der Waals surface area contributed by atoms with Crippen LogP contribution in [0.3, 0.4) is 0 Å². The molecule has 0 bridgehead atoms. The molecular weight excluding hydrogens is 335 g/mol. The molecular formula is C20H39O4P-2. The van der Waals surface area contributed by atoms with Crippen LogP contribution in [-0.2, 0) is 9.09 Å². The molecule has 2 unspecified atom stereocenters. The molecule has 0 rings (SSSR count). The third-order valence-corrected chi connectivity index (χ3v) is 5.27. The van der Waals surface area contributed by atoms with E-state index in [-0.39, 0.29) is 6.61 Å².